The van der Waals surface area contributed by atoms with Crippen LogP contribution in [0.3, 0.4) is 0 Å². The van der Waals surface area contributed by atoms with Crippen LogP contribution < -0.4 is 11.1 Å². The van der Waals surface area contributed by atoms with E-state index >= 15 is 0 Å². The summed E-state index contributed by atoms with van der Waals surface area (Å²) in [6.45, 7) is 4.08. The Morgan fingerprint density at radius 2 is 2.00 bits per heavy atom. The Bertz CT molecular complexity index is 515. The van der Waals surface area contributed by atoms with Crippen molar-refractivity contribution < 1.29 is 4.79 Å². The molecule has 1 fully saturated rings. The quantitative estimate of drug-likeness (QED) is 0.662. The number of carbonyl (C=O) groups is 1. The number of aromatic nitrogens is 2. The van der Waals surface area contributed by atoms with Gasteiger partial charge in [0.25, 0.3) is 0 Å². The topological polar surface area (TPSA) is 72.9 Å². The molecule has 2 rings (SSSR count). The SMILES string of the molecule is CC(C)n1cc(NC(=O)C2(C(N)=S)CCCCCC2)cn1. The first-order chi connectivity index (χ1) is 9.95. The van der Waals surface area contributed by atoms with E-state index in [1.807, 2.05) is 24.7 Å². The summed E-state index contributed by atoms with van der Waals surface area (Å²) in [7, 11) is 0. The van der Waals surface area contributed by atoms with Crippen LogP contribution in [0.5, 0.6) is 0 Å². The van der Waals surface area contributed by atoms with Gasteiger partial charge in [-0.2, -0.15) is 5.10 Å². The highest BCUT2D eigenvalue weighted by molar-refractivity contribution is 7.80. The molecule has 1 aromatic heterocycles. The summed E-state index contributed by atoms with van der Waals surface area (Å²) in [5, 5.41) is 7.18. The number of hydrogen-bond donors (Lipinski definition) is 2. The Kier molecular flexibility index (Phi) is 4.98. The lowest BCUT2D eigenvalue weighted by Crippen LogP contribution is -2.45. The van der Waals surface area contributed by atoms with Crippen LogP contribution in [-0.4, -0.2) is 20.7 Å². The van der Waals surface area contributed by atoms with Crippen LogP contribution in [0, 0.1) is 5.41 Å². The van der Waals surface area contributed by atoms with Gasteiger partial charge in [0.05, 0.1) is 22.3 Å². The third-order valence-electron chi connectivity index (χ3n) is 4.25. The minimum Gasteiger partial charge on any atom is -0.392 e. The summed E-state index contributed by atoms with van der Waals surface area (Å²) < 4.78 is 1.82. The van der Waals surface area contributed by atoms with E-state index in [1.165, 1.54) is 0 Å². The number of rotatable bonds is 4. The summed E-state index contributed by atoms with van der Waals surface area (Å²) in [6, 6.07) is 0.262. The third kappa shape index (κ3) is 3.43. The molecule has 116 valence electrons. The van der Waals surface area contributed by atoms with Crippen LogP contribution in [0.4, 0.5) is 5.69 Å². The molecule has 0 bridgehead atoms. The smallest absolute Gasteiger partial charge is 0.237 e. The summed E-state index contributed by atoms with van der Waals surface area (Å²) in [4.78, 5) is 13.1. The van der Waals surface area contributed by atoms with E-state index in [0.717, 1.165) is 38.5 Å². The lowest BCUT2D eigenvalue weighted by atomic mass is 9.79. The average molecular weight is 308 g/mol. The number of amides is 1. The van der Waals surface area contributed by atoms with Crippen LogP contribution in [0.15, 0.2) is 12.4 Å². The van der Waals surface area contributed by atoms with E-state index in [9.17, 15) is 4.79 Å². The van der Waals surface area contributed by atoms with Crippen LogP contribution >= 0.6 is 12.2 Å². The van der Waals surface area contributed by atoms with Gasteiger partial charge in [-0.15, -0.1) is 0 Å². The molecule has 1 saturated carbocycles. The van der Waals surface area contributed by atoms with Crippen LogP contribution in [-0.2, 0) is 4.79 Å². The maximum atomic E-state index is 12.7. The van der Waals surface area contributed by atoms with E-state index in [4.69, 9.17) is 18.0 Å². The standard InChI is InChI=1S/C15H24N4OS/c1-11(2)19-10-12(9-17-19)18-14(20)15(13(16)21)7-5-3-4-6-8-15/h9-11H,3-8H2,1-2H3,(H2,16,21)(H,18,20). The van der Waals surface area contributed by atoms with Gasteiger partial charge in [0.15, 0.2) is 0 Å². The molecule has 5 nitrogen and oxygen atoms in total. The second-order valence-electron chi connectivity index (χ2n) is 6.12. The highest BCUT2D eigenvalue weighted by Gasteiger charge is 2.41. The summed E-state index contributed by atoms with van der Waals surface area (Å²) in [6.07, 6.45) is 9.27. The number of hydrogen-bond acceptors (Lipinski definition) is 3. The Morgan fingerprint density at radius 1 is 1.38 bits per heavy atom. The normalized spacial score (nSPS) is 18.2. The summed E-state index contributed by atoms with van der Waals surface area (Å²) in [5.74, 6) is -0.0831. The molecule has 1 aliphatic carbocycles. The molecule has 0 radical (unpaired) electrons. The van der Waals surface area contributed by atoms with Crippen LogP contribution in [0.25, 0.3) is 0 Å². The van der Waals surface area contributed by atoms with Gasteiger partial charge in [0.2, 0.25) is 5.91 Å². The van der Waals surface area contributed by atoms with Crippen molar-refractivity contribution >= 4 is 28.8 Å². The highest BCUT2D eigenvalue weighted by Crippen LogP contribution is 2.36. The van der Waals surface area contributed by atoms with Crippen molar-refractivity contribution in [3.8, 4) is 0 Å². The van der Waals surface area contributed by atoms with E-state index in [-0.39, 0.29) is 11.9 Å². The van der Waals surface area contributed by atoms with E-state index < -0.39 is 5.41 Å². The molecule has 1 aromatic rings. The summed E-state index contributed by atoms with van der Waals surface area (Å²) >= 11 is 5.22. The van der Waals surface area contributed by atoms with Gasteiger partial charge >= 0.3 is 0 Å². The fourth-order valence-electron chi connectivity index (χ4n) is 2.85. The van der Waals surface area contributed by atoms with Gasteiger partial charge in [-0.3, -0.25) is 9.48 Å². The van der Waals surface area contributed by atoms with Crippen LogP contribution in [0.1, 0.15) is 58.4 Å². The zero-order valence-corrected chi connectivity index (χ0v) is 13.6. The molecule has 0 spiro atoms. The molecular formula is C15H24N4OS. The second kappa shape index (κ2) is 6.56. The van der Waals surface area contributed by atoms with Gasteiger partial charge in [0.1, 0.15) is 0 Å². The fourth-order valence-corrected chi connectivity index (χ4v) is 3.15. The first-order valence-corrected chi connectivity index (χ1v) is 8.02. The average Bonchev–Trinajstić information content (AvgIpc) is 2.74. The maximum absolute atomic E-state index is 12.7. The molecule has 1 heterocycles. The third-order valence-corrected chi connectivity index (χ3v) is 4.64. The molecule has 21 heavy (non-hydrogen) atoms. The summed E-state index contributed by atoms with van der Waals surface area (Å²) in [5.41, 5.74) is 5.93. The Labute approximate surface area is 131 Å². The first-order valence-electron chi connectivity index (χ1n) is 7.61. The number of nitrogens with zero attached hydrogens (tertiary/aromatic N) is 2. The van der Waals surface area contributed by atoms with E-state index in [2.05, 4.69) is 10.4 Å². The van der Waals surface area contributed by atoms with Gasteiger partial charge in [-0.1, -0.05) is 37.9 Å². The second-order valence-corrected chi connectivity index (χ2v) is 6.56. The molecule has 1 aliphatic rings. The zero-order chi connectivity index (χ0) is 15.5. The number of nitrogens with two attached hydrogens (primary N) is 1. The molecule has 1 amide bonds. The van der Waals surface area contributed by atoms with Crippen molar-refractivity contribution in [2.24, 2.45) is 11.1 Å². The highest BCUT2D eigenvalue weighted by atomic mass is 32.1. The molecule has 0 saturated heterocycles. The van der Waals surface area contributed by atoms with Crippen molar-refractivity contribution in [3.05, 3.63) is 12.4 Å². The van der Waals surface area contributed by atoms with Crippen molar-refractivity contribution in [2.45, 2.75) is 58.4 Å². The van der Waals surface area contributed by atoms with Gasteiger partial charge in [-0.25, -0.2) is 0 Å². The largest absolute Gasteiger partial charge is 0.392 e. The number of thiocarbonyl (C=S) groups is 1. The molecule has 3 N–H and O–H groups in total. The van der Waals surface area contributed by atoms with E-state index in [0.29, 0.717) is 10.7 Å². The van der Waals surface area contributed by atoms with Crippen molar-refractivity contribution in [3.63, 3.8) is 0 Å². The van der Waals surface area contributed by atoms with Gasteiger partial charge in [0, 0.05) is 12.2 Å². The predicted octanol–water partition coefficient (Wildman–Crippen LogP) is 3.03. The Morgan fingerprint density at radius 3 is 2.48 bits per heavy atom. The number of carbonyl (C=O) groups excluding carboxylic acids is 1. The van der Waals surface area contributed by atoms with Crippen molar-refractivity contribution in [2.75, 3.05) is 5.32 Å². The molecular weight excluding hydrogens is 284 g/mol. The molecule has 0 unspecified atom stereocenters. The maximum Gasteiger partial charge on any atom is 0.237 e. The van der Waals surface area contributed by atoms with Crippen LogP contribution in [0.2, 0.25) is 0 Å². The molecule has 0 aliphatic heterocycles. The predicted molar refractivity (Wildman–Crippen MR) is 88.2 cm³/mol. The number of anilines is 1. The Balaban J connectivity index is 2.16. The van der Waals surface area contributed by atoms with Gasteiger partial charge in [-0.05, 0) is 26.7 Å². The number of nitrogens with one attached hydrogen (secondary N) is 1. The fraction of sp³-hybridized carbons (Fsp3) is 0.667. The molecule has 0 aromatic carbocycles. The lowest BCUT2D eigenvalue weighted by Gasteiger charge is -2.29. The van der Waals surface area contributed by atoms with Crippen molar-refractivity contribution in [1.29, 1.82) is 0 Å². The minimum atomic E-state index is -0.703. The monoisotopic (exact) mass is 308 g/mol. The lowest BCUT2D eigenvalue weighted by molar-refractivity contribution is -0.122. The van der Waals surface area contributed by atoms with E-state index in [1.54, 1.807) is 6.20 Å². The zero-order valence-electron chi connectivity index (χ0n) is 12.8. The first kappa shape index (κ1) is 15.9. The van der Waals surface area contributed by atoms with Gasteiger partial charge < -0.3 is 11.1 Å². The minimum absolute atomic E-state index is 0.0831. The van der Waals surface area contributed by atoms with Crippen molar-refractivity contribution in [1.82, 2.24) is 9.78 Å². The Hall–Kier alpha value is -1.43. The molecule has 6 heteroatoms. The molecule has 0 atom stereocenters.